The van der Waals surface area contributed by atoms with Crippen molar-refractivity contribution in [2.24, 2.45) is 5.73 Å². The Kier molecular flexibility index (Phi) is 4.68. The molecule has 0 unspecified atom stereocenters. The molecule has 1 fully saturated rings. The molecule has 1 aliphatic rings. The van der Waals surface area contributed by atoms with Crippen molar-refractivity contribution in [1.29, 1.82) is 0 Å². The van der Waals surface area contributed by atoms with E-state index in [0.29, 0.717) is 27.3 Å². The molecule has 5 nitrogen and oxygen atoms in total. The van der Waals surface area contributed by atoms with Crippen LogP contribution >= 0.6 is 23.2 Å². The monoisotopic (exact) mass is 350 g/mol. The summed E-state index contributed by atoms with van der Waals surface area (Å²) in [6.45, 7) is 1.73. The van der Waals surface area contributed by atoms with Gasteiger partial charge in [0.2, 0.25) is 5.95 Å². The first kappa shape index (κ1) is 16.0. The van der Waals surface area contributed by atoms with Gasteiger partial charge >= 0.3 is 0 Å². The molecule has 0 atom stereocenters. The van der Waals surface area contributed by atoms with Crippen LogP contribution in [0.3, 0.4) is 0 Å². The summed E-state index contributed by atoms with van der Waals surface area (Å²) in [5, 5.41) is 0.829. The van der Waals surface area contributed by atoms with E-state index in [2.05, 4.69) is 14.9 Å². The van der Waals surface area contributed by atoms with Gasteiger partial charge in [0.1, 0.15) is 5.69 Å². The summed E-state index contributed by atoms with van der Waals surface area (Å²) in [7, 11) is 0. The minimum atomic E-state index is -0.593. The molecular weight excluding hydrogens is 335 g/mol. The maximum atomic E-state index is 11.6. The van der Waals surface area contributed by atoms with E-state index in [1.165, 1.54) is 6.42 Å². The fraction of sp³-hybridized carbons (Fsp3) is 0.312. The zero-order valence-corrected chi connectivity index (χ0v) is 13.9. The normalized spacial score (nSPS) is 14.8. The van der Waals surface area contributed by atoms with E-state index in [9.17, 15) is 4.79 Å². The Bertz CT molecular complexity index is 745. The average Bonchev–Trinajstić information content (AvgIpc) is 2.57. The molecule has 0 spiro atoms. The Morgan fingerprint density at radius 2 is 1.87 bits per heavy atom. The van der Waals surface area contributed by atoms with Crippen LogP contribution < -0.4 is 10.6 Å². The van der Waals surface area contributed by atoms with Gasteiger partial charge in [-0.25, -0.2) is 9.97 Å². The van der Waals surface area contributed by atoms with E-state index in [4.69, 9.17) is 28.9 Å². The number of hydrogen-bond donors (Lipinski definition) is 1. The number of aromatic nitrogens is 2. The maximum Gasteiger partial charge on any atom is 0.267 e. The highest BCUT2D eigenvalue weighted by Gasteiger charge is 2.19. The third-order valence-electron chi connectivity index (χ3n) is 3.83. The molecule has 120 valence electrons. The lowest BCUT2D eigenvalue weighted by Crippen LogP contribution is -2.31. The van der Waals surface area contributed by atoms with E-state index in [1.807, 2.05) is 0 Å². The largest absolute Gasteiger partial charge is 0.364 e. The van der Waals surface area contributed by atoms with E-state index in [-0.39, 0.29) is 5.69 Å². The average molecular weight is 351 g/mol. The number of halogens is 2. The number of piperidine rings is 1. The molecule has 1 amide bonds. The van der Waals surface area contributed by atoms with Gasteiger partial charge in [0.05, 0.1) is 15.7 Å². The van der Waals surface area contributed by atoms with Crippen LogP contribution in [0, 0.1) is 0 Å². The van der Waals surface area contributed by atoms with E-state index < -0.39 is 5.91 Å². The van der Waals surface area contributed by atoms with Gasteiger partial charge in [0.25, 0.3) is 5.91 Å². The Morgan fingerprint density at radius 3 is 2.57 bits per heavy atom. The van der Waals surface area contributed by atoms with Crippen molar-refractivity contribution in [3.8, 4) is 11.3 Å². The molecule has 0 aliphatic carbocycles. The number of carbonyl (C=O) groups excluding carboxylic acids is 1. The first-order chi connectivity index (χ1) is 11.1. The lowest BCUT2D eigenvalue weighted by molar-refractivity contribution is 0.0995. The van der Waals surface area contributed by atoms with Crippen LogP contribution in [0.25, 0.3) is 11.3 Å². The zero-order valence-electron chi connectivity index (χ0n) is 12.4. The van der Waals surface area contributed by atoms with Crippen molar-refractivity contribution in [1.82, 2.24) is 9.97 Å². The van der Waals surface area contributed by atoms with Crippen LogP contribution in [0.15, 0.2) is 24.3 Å². The van der Waals surface area contributed by atoms with Crippen LogP contribution in [0.2, 0.25) is 10.0 Å². The molecule has 2 N–H and O–H groups in total. The molecule has 0 saturated carbocycles. The summed E-state index contributed by atoms with van der Waals surface area (Å²) in [4.78, 5) is 22.6. The summed E-state index contributed by atoms with van der Waals surface area (Å²) >= 11 is 12.4. The van der Waals surface area contributed by atoms with Gasteiger partial charge in [-0.05, 0) is 31.4 Å². The standard InChI is InChI=1S/C16H16Cl2N4O/c17-11-6-4-5-10(14(11)18)12-9-13(15(19)23)21-16(20-12)22-7-2-1-3-8-22/h4-6,9H,1-3,7-8H2,(H2,19,23). The van der Waals surface area contributed by atoms with Crippen molar-refractivity contribution in [2.75, 3.05) is 18.0 Å². The van der Waals surface area contributed by atoms with Gasteiger partial charge < -0.3 is 10.6 Å². The summed E-state index contributed by atoms with van der Waals surface area (Å²) < 4.78 is 0. The maximum absolute atomic E-state index is 11.6. The van der Waals surface area contributed by atoms with Gasteiger partial charge in [-0.1, -0.05) is 35.3 Å². The van der Waals surface area contributed by atoms with Crippen molar-refractivity contribution in [3.05, 3.63) is 40.0 Å². The first-order valence-corrected chi connectivity index (χ1v) is 8.20. The van der Waals surface area contributed by atoms with Gasteiger partial charge in [-0.2, -0.15) is 0 Å². The van der Waals surface area contributed by atoms with Crippen LogP contribution in [0.4, 0.5) is 5.95 Å². The predicted octanol–water partition coefficient (Wildman–Crippen LogP) is 3.54. The van der Waals surface area contributed by atoms with E-state index in [0.717, 1.165) is 25.9 Å². The third kappa shape index (κ3) is 3.41. The zero-order chi connectivity index (χ0) is 16.4. The third-order valence-corrected chi connectivity index (χ3v) is 4.65. The molecule has 7 heteroatoms. The molecule has 0 radical (unpaired) electrons. The Balaban J connectivity index is 2.10. The highest BCUT2D eigenvalue weighted by Crippen LogP contribution is 2.33. The SMILES string of the molecule is NC(=O)c1cc(-c2cccc(Cl)c2Cl)nc(N2CCCCC2)n1. The minimum absolute atomic E-state index is 0.173. The molecule has 2 aromatic rings. The smallest absolute Gasteiger partial charge is 0.267 e. The quantitative estimate of drug-likeness (QED) is 0.918. The number of carbonyl (C=O) groups is 1. The number of primary amides is 1. The van der Waals surface area contributed by atoms with Crippen molar-refractivity contribution < 1.29 is 4.79 Å². The molecular formula is C16H16Cl2N4O. The molecule has 1 aromatic carbocycles. The second-order valence-electron chi connectivity index (χ2n) is 5.45. The number of rotatable bonds is 3. The minimum Gasteiger partial charge on any atom is -0.364 e. The number of nitrogens with two attached hydrogens (primary N) is 1. The number of nitrogens with zero attached hydrogens (tertiary/aromatic N) is 3. The molecule has 2 heterocycles. The fourth-order valence-electron chi connectivity index (χ4n) is 2.64. The van der Waals surface area contributed by atoms with Gasteiger partial charge in [0, 0.05) is 18.7 Å². The summed E-state index contributed by atoms with van der Waals surface area (Å²) in [5.74, 6) is -0.0860. The van der Waals surface area contributed by atoms with Gasteiger partial charge in [0.15, 0.2) is 0 Å². The Hall–Kier alpha value is -1.85. The lowest BCUT2D eigenvalue weighted by atomic mass is 10.1. The van der Waals surface area contributed by atoms with Crippen molar-refractivity contribution in [2.45, 2.75) is 19.3 Å². The second-order valence-corrected chi connectivity index (χ2v) is 6.24. The molecule has 0 bridgehead atoms. The summed E-state index contributed by atoms with van der Waals surface area (Å²) in [6, 6.07) is 6.85. The van der Waals surface area contributed by atoms with E-state index >= 15 is 0 Å². The number of hydrogen-bond acceptors (Lipinski definition) is 4. The Labute approximate surface area is 144 Å². The molecule has 1 aliphatic heterocycles. The highest BCUT2D eigenvalue weighted by atomic mass is 35.5. The van der Waals surface area contributed by atoms with Gasteiger partial charge in [-0.15, -0.1) is 0 Å². The van der Waals surface area contributed by atoms with Gasteiger partial charge in [-0.3, -0.25) is 4.79 Å². The molecule has 3 rings (SSSR count). The fourth-order valence-corrected chi connectivity index (χ4v) is 3.03. The van der Waals surface area contributed by atoms with E-state index in [1.54, 1.807) is 24.3 Å². The molecule has 1 saturated heterocycles. The summed E-state index contributed by atoms with van der Waals surface area (Å²) in [5.41, 5.74) is 6.79. The Morgan fingerprint density at radius 1 is 1.13 bits per heavy atom. The number of benzene rings is 1. The molecule has 23 heavy (non-hydrogen) atoms. The van der Waals surface area contributed by atoms with Crippen LogP contribution in [0.1, 0.15) is 29.8 Å². The first-order valence-electron chi connectivity index (χ1n) is 7.44. The molecule has 1 aromatic heterocycles. The number of amides is 1. The van der Waals surface area contributed by atoms with Crippen LogP contribution in [-0.2, 0) is 0 Å². The van der Waals surface area contributed by atoms with Crippen molar-refractivity contribution in [3.63, 3.8) is 0 Å². The predicted molar refractivity (Wildman–Crippen MR) is 92.1 cm³/mol. The summed E-state index contributed by atoms with van der Waals surface area (Å²) in [6.07, 6.45) is 3.35. The van der Waals surface area contributed by atoms with Crippen LogP contribution in [-0.4, -0.2) is 29.0 Å². The topological polar surface area (TPSA) is 72.1 Å². The lowest BCUT2D eigenvalue weighted by Gasteiger charge is -2.27. The van der Waals surface area contributed by atoms with Crippen LogP contribution in [0.5, 0.6) is 0 Å². The van der Waals surface area contributed by atoms with Crippen molar-refractivity contribution >= 4 is 35.1 Å². The highest BCUT2D eigenvalue weighted by molar-refractivity contribution is 6.43. The number of anilines is 1. The second kappa shape index (κ2) is 6.72.